The average molecular weight is 290 g/mol. The number of rotatable bonds is 8. The van der Waals surface area contributed by atoms with E-state index < -0.39 is 0 Å². The van der Waals surface area contributed by atoms with E-state index in [0.29, 0.717) is 12.5 Å². The highest BCUT2D eigenvalue weighted by Crippen LogP contribution is 2.35. The van der Waals surface area contributed by atoms with Crippen molar-refractivity contribution in [2.75, 3.05) is 6.61 Å². The van der Waals surface area contributed by atoms with Crippen LogP contribution in [0.5, 0.6) is 0 Å². The molecular formula is C18H30N2O. The van der Waals surface area contributed by atoms with Crippen LogP contribution in [0.4, 0.5) is 0 Å². The minimum atomic E-state index is 0.577. The number of hydrogen-bond acceptors (Lipinski definition) is 3. The third kappa shape index (κ3) is 5.39. The summed E-state index contributed by atoms with van der Waals surface area (Å²) in [6.07, 6.45) is 14.1. The minimum absolute atomic E-state index is 0.577. The van der Waals surface area contributed by atoms with E-state index in [1.54, 1.807) is 0 Å². The van der Waals surface area contributed by atoms with Crippen LogP contribution in [0.25, 0.3) is 0 Å². The third-order valence-electron chi connectivity index (χ3n) is 4.55. The van der Waals surface area contributed by atoms with Gasteiger partial charge < -0.3 is 4.74 Å². The van der Waals surface area contributed by atoms with E-state index in [1.165, 1.54) is 44.9 Å². The fourth-order valence-electron chi connectivity index (χ4n) is 3.20. The maximum absolute atomic E-state index is 5.61. The Kier molecular flexibility index (Phi) is 7.14. The molecule has 21 heavy (non-hydrogen) atoms. The molecule has 1 saturated carbocycles. The van der Waals surface area contributed by atoms with E-state index in [4.69, 9.17) is 4.74 Å². The Hall–Kier alpha value is -0.960. The zero-order chi connectivity index (χ0) is 14.9. The molecule has 118 valence electrons. The second-order valence-corrected chi connectivity index (χ2v) is 6.36. The Morgan fingerprint density at radius 3 is 2.38 bits per heavy atom. The Bertz CT molecular complexity index is 383. The smallest absolute Gasteiger partial charge is 0.131 e. The van der Waals surface area contributed by atoms with Gasteiger partial charge >= 0.3 is 0 Å². The summed E-state index contributed by atoms with van der Waals surface area (Å²) >= 11 is 0. The highest BCUT2D eigenvalue weighted by molar-refractivity contribution is 5.07. The van der Waals surface area contributed by atoms with Crippen molar-refractivity contribution in [1.29, 1.82) is 0 Å². The van der Waals surface area contributed by atoms with E-state index in [0.717, 1.165) is 30.3 Å². The molecule has 1 aromatic rings. The second-order valence-electron chi connectivity index (χ2n) is 6.36. The van der Waals surface area contributed by atoms with Gasteiger partial charge in [0.05, 0.1) is 6.61 Å². The molecule has 1 heterocycles. The molecule has 1 fully saturated rings. The normalized spacial score (nSPS) is 22.4. The lowest BCUT2D eigenvalue weighted by molar-refractivity contribution is 0.117. The maximum atomic E-state index is 5.61. The predicted molar refractivity (Wildman–Crippen MR) is 86.2 cm³/mol. The molecule has 3 heteroatoms. The van der Waals surface area contributed by atoms with Crippen LogP contribution in [0.2, 0.25) is 0 Å². The van der Waals surface area contributed by atoms with Gasteiger partial charge in [0, 0.05) is 30.5 Å². The van der Waals surface area contributed by atoms with Crippen molar-refractivity contribution in [3.05, 3.63) is 23.8 Å². The summed E-state index contributed by atoms with van der Waals surface area (Å²) in [7, 11) is 0. The van der Waals surface area contributed by atoms with Crippen molar-refractivity contribution in [2.45, 2.75) is 77.7 Å². The molecule has 0 radical (unpaired) electrons. The third-order valence-corrected chi connectivity index (χ3v) is 4.55. The topological polar surface area (TPSA) is 35.0 Å². The zero-order valence-corrected chi connectivity index (χ0v) is 13.7. The molecule has 0 spiro atoms. The van der Waals surface area contributed by atoms with Crippen molar-refractivity contribution in [3.8, 4) is 0 Å². The monoisotopic (exact) mass is 290 g/mol. The summed E-state index contributed by atoms with van der Waals surface area (Å²) in [5.74, 6) is 2.56. The maximum Gasteiger partial charge on any atom is 0.131 e. The Morgan fingerprint density at radius 1 is 1.05 bits per heavy atom. The first-order valence-electron chi connectivity index (χ1n) is 8.72. The van der Waals surface area contributed by atoms with E-state index in [9.17, 15) is 0 Å². The molecule has 0 bridgehead atoms. The van der Waals surface area contributed by atoms with Crippen LogP contribution in [0, 0.1) is 5.92 Å². The van der Waals surface area contributed by atoms with Crippen LogP contribution in [0.15, 0.2) is 12.4 Å². The molecule has 2 rings (SSSR count). The molecule has 0 aromatic carbocycles. The van der Waals surface area contributed by atoms with E-state index in [-0.39, 0.29) is 0 Å². The number of hydrogen-bond donors (Lipinski definition) is 0. The van der Waals surface area contributed by atoms with Crippen LogP contribution in [-0.4, -0.2) is 16.6 Å². The molecule has 0 amide bonds. The van der Waals surface area contributed by atoms with E-state index in [1.807, 2.05) is 12.4 Å². The van der Waals surface area contributed by atoms with Crippen LogP contribution < -0.4 is 0 Å². The SMILES string of the molecule is CCCCOCc1cnc([C@H]2CC[C@H](CCC)CC2)nc1. The molecule has 0 atom stereocenters. The fourth-order valence-corrected chi connectivity index (χ4v) is 3.20. The van der Waals surface area contributed by atoms with Crippen molar-refractivity contribution in [2.24, 2.45) is 5.92 Å². The van der Waals surface area contributed by atoms with Gasteiger partial charge in [0.2, 0.25) is 0 Å². The number of nitrogens with zero attached hydrogens (tertiary/aromatic N) is 2. The molecule has 1 aliphatic rings. The molecule has 0 N–H and O–H groups in total. The van der Waals surface area contributed by atoms with Gasteiger partial charge in [-0.25, -0.2) is 9.97 Å². The van der Waals surface area contributed by atoms with Crippen molar-refractivity contribution in [1.82, 2.24) is 9.97 Å². The minimum Gasteiger partial charge on any atom is -0.377 e. The van der Waals surface area contributed by atoms with Gasteiger partial charge in [-0.15, -0.1) is 0 Å². The highest BCUT2D eigenvalue weighted by Gasteiger charge is 2.23. The lowest BCUT2D eigenvalue weighted by Crippen LogP contribution is -2.15. The van der Waals surface area contributed by atoms with Gasteiger partial charge in [-0.2, -0.15) is 0 Å². The predicted octanol–water partition coefficient (Wildman–Crippen LogP) is 4.87. The molecular weight excluding hydrogens is 260 g/mol. The molecule has 0 unspecified atom stereocenters. The average Bonchev–Trinajstić information content (AvgIpc) is 2.53. The Balaban J connectivity index is 1.77. The summed E-state index contributed by atoms with van der Waals surface area (Å²) in [5, 5.41) is 0. The first-order chi connectivity index (χ1) is 10.3. The number of aromatic nitrogens is 2. The largest absolute Gasteiger partial charge is 0.377 e. The van der Waals surface area contributed by atoms with Crippen molar-refractivity contribution < 1.29 is 4.74 Å². The number of ether oxygens (including phenoxy) is 1. The van der Waals surface area contributed by atoms with Crippen molar-refractivity contribution in [3.63, 3.8) is 0 Å². The van der Waals surface area contributed by atoms with Gasteiger partial charge in [-0.1, -0.05) is 33.1 Å². The molecule has 1 aromatic heterocycles. The molecule has 1 aliphatic carbocycles. The van der Waals surface area contributed by atoms with Crippen LogP contribution in [-0.2, 0) is 11.3 Å². The van der Waals surface area contributed by atoms with Crippen LogP contribution in [0.1, 0.15) is 82.5 Å². The summed E-state index contributed by atoms with van der Waals surface area (Å²) in [6, 6.07) is 0. The van der Waals surface area contributed by atoms with E-state index >= 15 is 0 Å². The summed E-state index contributed by atoms with van der Waals surface area (Å²) in [4.78, 5) is 9.16. The fraction of sp³-hybridized carbons (Fsp3) is 0.778. The first kappa shape index (κ1) is 16.4. The first-order valence-corrected chi connectivity index (χ1v) is 8.72. The molecule has 3 nitrogen and oxygen atoms in total. The van der Waals surface area contributed by atoms with Crippen molar-refractivity contribution >= 4 is 0 Å². The standard InChI is InChI=1S/C18H30N2O/c1-3-5-11-21-14-16-12-19-18(20-13-16)17-9-7-15(6-4-2)8-10-17/h12-13,15,17H,3-11,14H2,1-2H3/t15-,17-. The van der Waals surface area contributed by atoms with Gasteiger partial charge in [0.25, 0.3) is 0 Å². The second kappa shape index (κ2) is 9.14. The van der Waals surface area contributed by atoms with Gasteiger partial charge in [0.15, 0.2) is 0 Å². The Morgan fingerprint density at radius 2 is 1.76 bits per heavy atom. The highest BCUT2D eigenvalue weighted by atomic mass is 16.5. The molecule has 0 aliphatic heterocycles. The molecule has 0 saturated heterocycles. The van der Waals surface area contributed by atoms with Crippen LogP contribution in [0.3, 0.4) is 0 Å². The lowest BCUT2D eigenvalue weighted by Gasteiger charge is -2.27. The number of unbranched alkanes of at least 4 members (excludes halogenated alkanes) is 1. The quantitative estimate of drug-likeness (QED) is 0.641. The zero-order valence-electron chi connectivity index (χ0n) is 13.7. The van der Waals surface area contributed by atoms with Gasteiger partial charge in [-0.05, 0) is 38.0 Å². The summed E-state index contributed by atoms with van der Waals surface area (Å²) in [5.41, 5.74) is 1.09. The summed E-state index contributed by atoms with van der Waals surface area (Å²) < 4.78 is 5.61. The van der Waals surface area contributed by atoms with Gasteiger partial charge in [-0.3, -0.25) is 0 Å². The van der Waals surface area contributed by atoms with E-state index in [2.05, 4.69) is 23.8 Å². The lowest BCUT2D eigenvalue weighted by atomic mass is 9.80. The summed E-state index contributed by atoms with van der Waals surface area (Å²) in [6.45, 7) is 5.94. The van der Waals surface area contributed by atoms with Crippen LogP contribution >= 0.6 is 0 Å². The Labute approximate surface area is 129 Å². The van der Waals surface area contributed by atoms with Gasteiger partial charge in [0.1, 0.15) is 5.82 Å².